The van der Waals surface area contributed by atoms with Crippen molar-refractivity contribution in [3.63, 3.8) is 0 Å². The number of carbonyl (C=O) groups excluding carboxylic acids is 1. The van der Waals surface area contributed by atoms with E-state index in [1.165, 1.54) is 6.20 Å². The molecule has 5 nitrogen and oxygen atoms in total. The Morgan fingerprint density at radius 2 is 2.00 bits per heavy atom. The van der Waals surface area contributed by atoms with E-state index in [-0.39, 0.29) is 5.91 Å². The normalized spacial score (nSPS) is 11.5. The summed E-state index contributed by atoms with van der Waals surface area (Å²) in [6.45, 7) is 4.08. The highest BCUT2D eigenvalue weighted by molar-refractivity contribution is 5.94. The van der Waals surface area contributed by atoms with Crippen molar-refractivity contribution in [2.24, 2.45) is 5.73 Å². The number of hydrogen-bond acceptors (Lipinski definition) is 4. The Bertz CT molecular complexity index is 580. The first kappa shape index (κ1) is 12.4. The molecule has 0 bridgehead atoms. The molecule has 2 rings (SSSR count). The lowest BCUT2D eigenvalue weighted by atomic mass is 10.1. The first-order valence-electron chi connectivity index (χ1n) is 5.76. The van der Waals surface area contributed by atoms with Crippen molar-refractivity contribution < 1.29 is 4.79 Å². The molecule has 3 N–H and O–H groups in total. The Kier molecular flexibility index (Phi) is 3.25. The van der Waals surface area contributed by atoms with Crippen LogP contribution in [0.5, 0.6) is 0 Å². The van der Waals surface area contributed by atoms with E-state index < -0.39 is 5.54 Å². The van der Waals surface area contributed by atoms with Gasteiger partial charge in [0.2, 0.25) is 0 Å². The molecule has 94 valence electrons. The molecule has 1 heterocycles. The van der Waals surface area contributed by atoms with E-state index in [1.54, 1.807) is 0 Å². The zero-order valence-corrected chi connectivity index (χ0v) is 10.5. The van der Waals surface area contributed by atoms with Gasteiger partial charge < -0.3 is 11.1 Å². The Hall–Kier alpha value is -2.01. The molecule has 1 aromatic heterocycles. The summed E-state index contributed by atoms with van der Waals surface area (Å²) in [4.78, 5) is 20.5. The van der Waals surface area contributed by atoms with Crippen molar-refractivity contribution in [1.82, 2.24) is 15.3 Å². The maximum atomic E-state index is 12.0. The third-order valence-corrected chi connectivity index (χ3v) is 2.64. The minimum Gasteiger partial charge on any atom is -0.345 e. The molecule has 0 saturated heterocycles. The Morgan fingerprint density at radius 1 is 1.33 bits per heavy atom. The average Bonchev–Trinajstić information content (AvgIpc) is 2.37. The van der Waals surface area contributed by atoms with Crippen LogP contribution in [0.1, 0.15) is 24.3 Å². The number of nitrogens with two attached hydrogens (primary N) is 1. The summed E-state index contributed by atoms with van der Waals surface area (Å²) < 4.78 is 0. The zero-order valence-electron chi connectivity index (χ0n) is 10.5. The molecule has 0 saturated carbocycles. The molecule has 0 spiro atoms. The van der Waals surface area contributed by atoms with Gasteiger partial charge in [-0.05, 0) is 26.0 Å². The summed E-state index contributed by atoms with van der Waals surface area (Å²) in [6, 6.07) is 7.43. The van der Waals surface area contributed by atoms with Gasteiger partial charge in [-0.15, -0.1) is 0 Å². The maximum absolute atomic E-state index is 12.0. The number of fused-ring (bicyclic) bond motifs is 1. The second kappa shape index (κ2) is 4.70. The molecule has 0 atom stereocenters. The molecule has 0 aliphatic rings. The number of para-hydroxylation sites is 2. The van der Waals surface area contributed by atoms with Gasteiger partial charge >= 0.3 is 0 Å². The van der Waals surface area contributed by atoms with Crippen LogP contribution in [0.3, 0.4) is 0 Å². The monoisotopic (exact) mass is 244 g/mol. The maximum Gasteiger partial charge on any atom is 0.271 e. The highest BCUT2D eigenvalue weighted by Crippen LogP contribution is 2.09. The van der Waals surface area contributed by atoms with Gasteiger partial charge in [0, 0.05) is 12.1 Å². The number of benzene rings is 1. The number of nitrogens with one attached hydrogen (secondary N) is 1. The largest absolute Gasteiger partial charge is 0.345 e. The highest BCUT2D eigenvalue weighted by atomic mass is 16.2. The van der Waals surface area contributed by atoms with Gasteiger partial charge in [-0.25, -0.2) is 4.98 Å². The standard InChI is InChI=1S/C13H16N4O/c1-13(2,8-14)17-12(18)11-7-15-9-5-3-4-6-10(9)16-11/h3-7H,8,14H2,1-2H3,(H,17,18). The molecule has 1 amide bonds. The molecule has 18 heavy (non-hydrogen) atoms. The van der Waals surface area contributed by atoms with E-state index in [4.69, 9.17) is 5.73 Å². The van der Waals surface area contributed by atoms with Gasteiger partial charge in [-0.1, -0.05) is 12.1 Å². The summed E-state index contributed by atoms with van der Waals surface area (Å²) in [7, 11) is 0. The average molecular weight is 244 g/mol. The quantitative estimate of drug-likeness (QED) is 0.847. The fourth-order valence-corrected chi connectivity index (χ4v) is 1.49. The third kappa shape index (κ3) is 2.62. The summed E-state index contributed by atoms with van der Waals surface area (Å²) in [6.07, 6.45) is 1.48. The predicted octanol–water partition coefficient (Wildman–Crippen LogP) is 1.10. The SMILES string of the molecule is CC(C)(CN)NC(=O)c1cnc2ccccc2n1. The molecule has 0 unspecified atom stereocenters. The number of aromatic nitrogens is 2. The number of nitrogens with zero attached hydrogens (tertiary/aromatic N) is 2. The fraction of sp³-hybridized carbons (Fsp3) is 0.308. The van der Waals surface area contributed by atoms with E-state index in [0.29, 0.717) is 17.8 Å². The van der Waals surface area contributed by atoms with Gasteiger partial charge in [-0.3, -0.25) is 9.78 Å². The van der Waals surface area contributed by atoms with E-state index in [1.807, 2.05) is 38.1 Å². The van der Waals surface area contributed by atoms with Crippen LogP contribution < -0.4 is 11.1 Å². The molecular formula is C13H16N4O. The second-order valence-electron chi connectivity index (χ2n) is 4.79. The van der Waals surface area contributed by atoms with Crippen LogP contribution in [0.4, 0.5) is 0 Å². The molecule has 0 radical (unpaired) electrons. The van der Waals surface area contributed by atoms with Crippen LogP contribution in [-0.2, 0) is 0 Å². The van der Waals surface area contributed by atoms with Crippen LogP contribution in [-0.4, -0.2) is 28.0 Å². The van der Waals surface area contributed by atoms with Crippen molar-refractivity contribution in [3.8, 4) is 0 Å². The molecule has 0 aliphatic heterocycles. The summed E-state index contributed by atoms with van der Waals surface area (Å²) in [5.74, 6) is -0.260. The fourth-order valence-electron chi connectivity index (χ4n) is 1.49. The molecule has 0 fully saturated rings. The third-order valence-electron chi connectivity index (χ3n) is 2.64. The molecule has 5 heteroatoms. The lowest BCUT2D eigenvalue weighted by Crippen LogP contribution is -2.49. The van der Waals surface area contributed by atoms with E-state index in [0.717, 1.165) is 5.52 Å². The molecule has 0 aliphatic carbocycles. The van der Waals surface area contributed by atoms with Crippen molar-refractivity contribution in [2.75, 3.05) is 6.54 Å². The second-order valence-corrected chi connectivity index (χ2v) is 4.79. The predicted molar refractivity (Wildman–Crippen MR) is 70.1 cm³/mol. The molecule has 1 aromatic carbocycles. The van der Waals surface area contributed by atoms with Gasteiger partial charge in [0.05, 0.1) is 17.2 Å². The van der Waals surface area contributed by atoms with Crippen LogP contribution in [0, 0.1) is 0 Å². The topological polar surface area (TPSA) is 80.9 Å². The minimum atomic E-state index is -0.454. The van der Waals surface area contributed by atoms with E-state index in [9.17, 15) is 4.79 Å². The first-order valence-corrected chi connectivity index (χ1v) is 5.76. The first-order chi connectivity index (χ1) is 8.52. The lowest BCUT2D eigenvalue weighted by molar-refractivity contribution is 0.0910. The molecule has 2 aromatic rings. The van der Waals surface area contributed by atoms with Crippen molar-refractivity contribution in [2.45, 2.75) is 19.4 Å². The smallest absolute Gasteiger partial charge is 0.271 e. The van der Waals surface area contributed by atoms with Crippen LogP contribution in [0.15, 0.2) is 30.5 Å². The Morgan fingerprint density at radius 3 is 2.67 bits per heavy atom. The van der Waals surface area contributed by atoms with E-state index >= 15 is 0 Å². The Balaban J connectivity index is 2.28. The zero-order chi connectivity index (χ0) is 13.2. The highest BCUT2D eigenvalue weighted by Gasteiger charge is 2.20. The Labute approximate surface area is 105 Å². The summed E-state index contributed by atoms with van der Waals surface area (Å²) in [5, 5.41) is 2.82. The number of rotatable bonds is 3. The minimum absolute atomic E-state index is 0.260. The lowest BCUT2D eigenvalue weighted by Gasteiger charge is -2.23. The van der Waals surface area contributed by atoms with Gasteiger partial charge in [0.25, 0.3) is 5.91 Å². The number of amides is 1. The summed E-state index contributed by atoms with van der Waals surface area (Å²) in [5.41, 5.74) is 6.89. The van der Waals surface area contributed by atoms with Crippen molar-refractivity contribution >= 4 is 16.9 Å². The van der Waals surface area contributed by atoms with Gasteiger partial charge in [0.15, 0.2) is 0 Å². The van der Waals surface area contributed by atoms with Gasteiger partial charge in [-0.2, -0.15) is 0 Å². The van der Waals surface area contributed by atoms with Crippen LogP contribution in [0.2, 0.25) is 0 Å². The number of carbonyl (C=O) groups is 1. The van der Waals surface area contributed by atoms with Crippen LogP contribution >= 0.6 is 0 Å². The van der Waals surface area contributed by atoms with Crippen molar-refractivity contribution in [1.29, 1.82) is 0 Å². The summed E-state index contributed by atoms with van der Waals surface area (Å²) >= 11 is 0. The van der Waals surface area contributed by atoms with E-state index in [2.05, 4.69) is 15.3 Å². The van der Waals surface area contributed by atoms with Crippen molar-refractivity contribution in [3.05, 3.63) is 36.2 Å². The van der Waals surface area contributed by atoms with Crippen LogP contribution in [0.25, 0.3) is 11.0 Å². The number of hydrogen-bond donors (Lipinski definition) is 2. The van der Waals surface area contributed by atoms with Gasteiger partial charge in [0.1, 0.15) is 5.69 Å². The molecular weight excluding hydrogens is 228 g/mol.